The maximum absolute atomic E-state index is 11.1. The van der Waals surface area contributed by atoms with Crippen molar-refractivity contribution in [2.45, 2.75) is 31.7 Å². The van der Waals surface area contributed by atoms with Crippen LogP contribution in [0.4, 0.5) is 0 Å². The van der Waals surface area contributed by atoms with Crippen molar-refractivity contribution in [3.8, 4) is 11.3 Å². The molecule has 2 aromatic heterocycles. The van der Waals surface area contributed by atoms with E-state index in [9.17, 15) is 4.79 Å². The summed E-state index contributed by atoms with van der Waals surface area (Å²) in [5.74, 6) is -0.969. The first-order valence-corrected chi connectivity index (χ1v) is 6.22. The third kappa shape index (κ3) is 1.81. The number of rotatable bonds is 3. The molecule has 0 bridgehead atoms. The van der Waals surface area contributed by atoms with Gasteiger partial charge >= 0.3 is 5.97 Å². The summed E-state index contributed by atoms with van der Waals surface area (Å²) in [5, 5.41) is 13.3. The Bertz CT molecular complexity index is 551. The molecule has 0 atom stereocenters. The van der Waals surface area contributed by atoms with Crippen molar-refractivity contribution in [2.75, 3.05) is 0 Å². The minimum atomic E-state index is -0.969. The first kappa shape index (κ1) is 11.1. The van der Waals surface area contributed by atoms with Gasteiger partial charge in [-0.15, -0.1) is 0 Å². The van der Waals surface area contributed by atoms with Crippen LogP contribution in [0.15, 0.2) is 24.5 Å². The Morgan fingerprint density at radius 2 is 2.22 bits per heavy atom. The van der Waals surface area contributed by atoms with Crippen LogP contribution in [0.1, 0.15) is 42.2 Å². The molecule has 94 valence electrons. The van der Waals surface area contributed by atoms with E-state index in [4.69, 9.17) is 5.11 Å². The van der Waals surface area contributed by atoms with Gasteiger partial charge in [0.1, 0.15) is 0 Å². The first-order chi connectivity index (χ1) is 8.75. The van der Waals surface area contributed by atoms with Crippen LogP contribution < -0.4 is 0 Å². The largest absolute Gasteiger partial charge is 0.476 e. The van der Waals surface area contributed by atoms with Crippen molar-refractivity contribution < 1.29 is 9.90 Å². The Morgan fingerprint density at radius 3 is 2.83 bits per heavy atom. The highest BCUT2D eigenvalue weighted by atomic mass is 16.4. The van der Waals surface area contributed by atoms with Gasteiger partial charge in [0.15, 0.2) is 5.69 Å². The molecule has 2 heterocycles. The lowest BCUT2D eigenvalue weighted by Gasteiger charge is -2.13. The minimum Gasteiger partial charge on any atom is -0.476 e. The zero-order chi connectivity index (χ0) is 12.5. The van der Waals surface area contributed by atoms with Crippen molar-refractivity contribution in [2.24, 2.45) is 0 Å². The Balaban J connectivity index is 2.07. The summed E-state index contributed by atoms with van der Waals surface area (Å²) < 4.78 is 1.89. The number of H-pyrrole nitrogens is 1. The summed E-state index contributed by atoms with van der Waals surface area (Å²) in [7, 11) is 0. The fraction of sp³-hybridized carbons (Fsp3) is 0.385. The number of carboxylic acid groups (broad SMARTS) is 1. The number of hydrogen-bond acceptors (Lipinski definition) is 2. The normalized spacial score (nSPS) is 16.2. The van der Waals surface area contributed by atoms with Gasteiger partial charge in [0.25, 0.3) is 0 Å². The number of hydrogen-bond donors (Lipinski definition) is 2. The van der Waals surface area contributed by atoms with Crippen molar-refractivity contribution in [1.29, 1.82) is 0 Å². The summed E-state index contributed by atoms with van der Waals surface area (Å²) in [6.07, 6.45) is 8.26. The average molecular weight is 245 g/mol. The summed E-state index contributed by atoms with van der Waals surface area (Å²) >= 11 is 0. The van der Waals surface area contributed by atoms with E-state index in [1.54, 1.807) is 6.07 Å². The van der Waals surface area contributed by atoms with E-state index in [0.29, 0.717) is 6.04 Å². The second-order valence-corrected chi connectivity index (χ2v) is 4.70. The molecular weight excluding hydrogens is 230 g/mol. The third-order valence-corrected chi connectivity index (χ3v) is 3.52. The molecule has 0 aromatic carbocycles. The molecular formula is C13H15N3O2. The molecule has 1 aliphatic rings. The number of nitrogens with one attached hydrogen (secondary N) is 1. The molecule has 1 aliphatic carbocycles. The van der Waals surface area contributed by atoms with Gasteiger partial charge in [-0.05, 0) is 25.0 Å². The molecule has 3 rings (SSSR count). The molecule has 1 fully saturated rings. The lowest BCUT2D eigenvalue weighted by Crippen LogP contribution is -2.09. The Labute approximate surface area is 104 Å². The Morgan fingerprint density at radius 1 is 1.44 bits per heavy atom. The van der Waals surface area contributed by atoms with Gasteiger partial charge in [-0.25, -0.2) is 4.79 Å². The summed E-state index contributed by atoms with van der Waals surface area (Å²) in [6, 6.07) is 3.93. The minimum absolute atomic E-state index is 0.123. The summed E-state index contributed by atoms with van der Waals surface area (Å²) in [5.41, 5.74) is 2.00. The number of carboxylic acids is 1. The quantitative estimate of drug-likeness (QED) is 0.873. The van der Waals surface area contributed by atoms with E-state index >= 15 is 0 Å². The fourth-order valence-corrected chi connectivity index (χ4v) is 2.62. The van der Waals surface area contributed by atoms with Crippen LogP contribution in [0, 0.1) is 0 Å². The SMILES string of the molecule is O=C(O)c1cc(-c2cc[nH]c2)n(C2CCCC2)n1. The van der Waals surface area contributed by atoms with Gasteiger partial charge in [-0.1, -0.05) is 12.8 Å². The van der Waals surface area contributed by atoms with Crippen LogP contribution in [0.3, 0.4) is 0 Å². The highest BCUT2D eigenvalue weighted by molar-refractivity contribution is 5.87. The Hall–Kier alpha value is -2.04. The second-order valence-electron chi connectivity index (χ2n) is 4.70. The average Bonchev–Trinajstić information content (AvgIpc) is 3.10. The van der Waals surface area contributed by atoms with E-state index in [1.165, 1.54) is 12.8 Å². The molecule has 18 heavy (non-hydrogen) atoms. The molecule has 0 unspecified atom stereocenters. The first-order valence-electron chi connectivity index (χ1n) is 6.22. The molecule has 0 saturated heterocycles. The molecule has 1 saturated carbocycles. The van der Waals surface area contributed by atoms with Crippen LogP contribution in [0.2, 0.25) is 0 Å². The van der Waals surface area contributed by atoms with Crippen molar-refractivity contribution >= 4 is 5.97 Å². The van der Waals surface area contributed by atoms with E-state index in [0.717, 1.165) is 24.1 Å². The van der Waals surface area contributed by atoms with Gasteiger partial charge in [0.05, 0.1) is 11.7 Å². The molecule has 0 radical (unpaired) electrons. The molecule has 5 nitrogen and oxygen atoms in total. The van der Waals surface area contributed by atoms with Crippen LogP contribution in [-0.4, -0.2) is 25.8 Å². The lowest BCUT2D eigenvalue weighted by molar-refractivity contribution is 0.0689. The highest BCUT2D eigenvalue weighted by Crippen LogP contribution is 2.33. The molecule has 2 N–H and O–H groups in total. The summed E-state index contributed by atoms with van der Waals surface area (Å²) in [6.45, 7) is 0. The van der Waals surface area contributed by atoms with E-state index in [1.807, 2.05) is 23.1 Å². The van der Waals surface area contributed by atoms with Crippen molar-refractivity contribution in [3.63, 3.8) is 0 Å². The number of carbonyl (C=O) groups is 1. The van der Waals surface area contributed by atoms with Gasteiger partial charge in [0.2, 0.25) is 0 Å². The standard InChI is InChI=1S/C13H15N3O2/c17-13(18)11-7-12(9-5-6-14-8-9)16(15-11)10-3-1-2-4-10/h5-8,10,14H,1-4H2,(H,17,18). The monoisotopic (exact) mass is 245 g/mol. The predicted octanol–water partition coefficient (Wildman–Crippen LogP) is 2.69. The fourth-order valence-electron chi connectivity index (χ4n) is 2.62. The number of aromatic nitrogens is 3. The zero-order valence-electron chi connectivity index (χ0n) is 9.97. The summed E-state index contributed by atoms with van der Waals surface area (Å²) in [4.78, 5) is 14.1. The topological polar surface area (TPSA) is 70.9 Å². The maximum Gasteiger partial charge on any atom is 0.356 e. The van der Waals surface area contributed by atoms with Crippen molar-refractivity contribution in [1.82, 2.24) is 14.8 Å². The number of aromatic amines is 1. The highest BCUT2D eigenvalue weighted by Gasteiger charge is 2.23. The molecule has 2 aromatic rings. The van der Waals surface area contributed by atoms with Gasteiger partial charge in [0, 0.05) is 18.0 Å². The van der Waals surface area contributed by atoms with Gasteiger partial charge < -0.3 is 10.1 Å². The Kier molecular flexibility index (Phi) is 2.66. The van der Waals surface area contributed by atoms with E-state index in [-0.39, 0.29) is 5.69 Å². The maximum atomic E-state index is 11.1. The molecule has 0 spiro atoms. The van der Waals surface area contributed by atoms with Crippen molar-refractivity contribution in [3.05, 3.63) is 30.2 Å². The second kappa shape index (κ2) is 4.33. The number of nitrogens with zero attached hydrogens (tertiary/aromatic N) is 2. The third-order valence-electron chi connectivity index (χ3n) is 3.52. The van der Waals surface area contributed by atoms with Crippen LogP contribution in [0.25, 0.3) is 11.3 Å². The van der Waals surface area contributed by atoms with Crippen LogP contribution in [-0.2, 0) is 0 Å². The van der Waals surface area contributed by atoms with Crippen LogP contribution >= 0.6 is 0 Å². The zero-order valence-corrected chi connectivity index (χ0v) is 9.97. The number of aromatic carboxylic acids is 1. The predicted molar refractivity (Wildman–Crippen MR) is 66.5 cm³/mol. The van der Waals surface area contributed by atoms with Gasteiger partial charge in [-0.2, -0.15) is 5.10 Å². The lowest BCUT2D eigenvalue weighted by atomic mass is 10.2. The smallest absolute Gasteiger partial charge is 0.356 e. The van der Waals surface area contributed by atoms with Crippen LogP contribution in [0.5, 0.6) is 0 Å². The molecule has 0 amide bonds. The van der Waals surface area contributed by atoms with E-state index in [2.05, 4.69) is 10.1 Å². The molecule has 0 aliphatic heterocycles. The van der Waals surface area contributed by atoms with E-state index < -0.39 is 5.97 Å². The molecule has 5 heteroatoms. The van der Waals surface area contributed by atoms with Gasteiger partial charge in [-0.3, -0.25) is 4.68 Å².